The minimum atomic E-state index is -1.08. The van der Waals surface area contributed by atoms with Crippen LogP contribution in [0.15, 0.2) is 42.5 Å². The molecule has 0 heterocycles. The molecule has 0 aliphatic heterocycles. The van der Waals surface area contributed by atoms with Crippen LogP contribution in [-0.4, -0.2) is 29.9 Å². The lowest BCUT2D eigenvalue weighted by molar-refractivity contribution is -0.116. The van der Waals surface area contributed by atoms with Gasteiger partial charge >= 0.3 is 5.97 Å². The number of hydrogen-bond acceptors (Lipinski definition) is 4. The highest BCUT2D eigenvalue weighted by Gasteiger charge is 2.15. The number of halogens is 1. The second-order valence-corrected chi connectivity index (χ2v) is 5.64. The lowest BCUT2D eigenvalue weighted by atomic mass is 10.1. The molecule has 0 aromatic heterocycles. The molecule has 0 atom stereocenters. The van der Waals surface area contributed by atoms with Gasteiger partial charge in [-0.2, -0.15) is 0 Å². The van der Waals surface area contributed by atoms with Gasteiger partial charge in [0.05, 0.1) is 18.2 Å². The second-order valence-electron chi connectivity index (χ2n) is 5.20. The predicted octanol–water partition coefficient (Wildman–Crippen LogP) is 3.65. The molecular weight excluding hydrogens is 346 g/mol. The highest BCUT2D eigenvalue weighted by atomic mass is 35.5. The Balaban J connectivity index is 1.98. The number of methoxy groups -OCH3 is 1. The summed E-state index contributed by atoms with van der Waals surface area (Å²) in [6.45, 7) is 0. The fourth-order valence-corrected chi connectivity index (χ4v) is 2.39. The van der Waals surface area contributed by atoms with Crippen molar-refractivity contribution in [2.75, 3.05) is 12.4 Å². The number of rotatable bonds is 7. The van der Waals surface area contributed by atoms with Gasteiger partial charge in [-0.3, -0.25) is 9.59 Å². The molecule has 0 bridgehead atoms. The van der Waals surface area contributed by atoms with Crippen molar-refractivity contribution in [2.45, 2.75) is 12.8 Å². The molecule has 0 saturated carbocycles. The number of carboxylic acids is 1. The average Bonchev–Trinajstić information content (AvgIpc) is 2.59. The van der Waals surface area contributed by atoms with E-state index in [1.165, 1.54) is 31.4 Å². The summed E-state index contributed by atoms with van der Waals surface area (Å²) in [4.78, 5) is 35.2. The van der Waals surface area contributed by atoms with E-state index in [2.05, 4.69) is 5.32 Å². The van der Waals surface area contributed by atoms with Crippen LogP contribution in [0, 0.1) is 0 Å². The molecule has 0 unspecified atom stereocenters. The van der Waals surface area contributed by atoms with Gasteiger partial charge in [-0.1, -0.05) is 17.7 Å². The number of amides is 1. The van der Waals surface area contributed by atoms with Crippen LogP contribution in [0.2, 0.25) is 5.02 Å². The predicted molar refractivity (Wildman–Crippen MR) is 93.6 cm³/mol. The van der Waals surface area contributed by atoms with E-state index in [-0.39, 0.29) is 24.2 Å². The fraction of sp³-hybridized carbons (Fsp3) is 0.167. The molecule has 0 aliphatic rings. The Hall–Kier alpha value is -2.86. The molecule has 130 valence electrons. The Labute approximate surface area is 149 Å². The van der Waals surface area contributed by atoms with E-state index in [1.54, 1.807) is 18.2 Å². The van der Waals surface area contributed by atoms with Gasteiger partial charge in [0, 0.05) is 23.6 Å². The van der Waals surface area contributed by atoms with Gasteiger partial charge in [0.2, 0.25) is 5.91 Å². The molecule has 2 N–H and O–H groups in total. The number of carbonyl (C=O) groups excluding carboxylic acids is 2. The molecule has 1 amide bonds. The standard InChI is InChI=1S/C18H16ClNO5/c1-25-16-7-5-12(19)10-14(16)15(21)6-8-17(22)20-13-4-2-3-11(9-13)18(23)24/h2-5,7,9-10H,6,8H2,1H3,(H,20,22)(H,23,24). The molecule has 7 heteroatoms. The van der Waals surface area contributed by atoms with Crippen LogP contribution in [0.5, 0.6) is 5.75 Å². The van der Waals surface area contributed by atoms with Crippen molar-refractivity contribution < 1.29 is 24.2 Å². The van der Waals surface area contributed by atoms with E-state index >= 15 is 0 Å². The zero-order valence-electron chi connectivity index (χ0n) is 13.4. The van der Waals surface area contributed by atoms with Crippen LogP contribution in [0.25, 0.3) is 0 Å². The highest BCUT2D eigenvalue weighted by Crippen LogP contribution is 2.24. The number of Topliss-reactive ketones (excluding diaryl/α,β-unsaturated/α-hetero) is 1. The normalized spacial score (nSPS) is 10.2. The molecule has 6 nitrogen and oxygen atoms in total. The van der Waals surface area contributed by atoms with E-state index in [9.17, 15) is 14.4 Å². The van der Waals surface area contributed by atoms with E-state index in [4.69, 9.17) is 21.4 Å². The van der Waals surface area contributed by atoms with Crippen LogP contribution in [-0.2, 0) is 4.79 Å². The Kier molecular flexibility index (Phi) is 6.14. The largest absolute Gasteiger partial charge is 0.496 e. The number of ketones is 1. The first-order valence-corrected chi connectivity index (χ1v) is 7.78. The second kappa shape index (κ2) is 8.30. The topological polar surface area (TPSA) is 92.7 Å². The van der Waals surface area contributed by atoms with Crippen molar-refractivity contribution in [3.8, 4) is 5.75 Å². The van der Waals surface area contributed by atoms with Crippen LogP contribution in [0.3, 0.4) is 0 Å². The molecule has 0 spiro atoms. The first-order chi connectivity index (χ1) is 11.9. The van der Waals surface area contributed by atoms with Crippen molar-refractivity contribution in [2.24, 2.45) is 0 Å². The van der Waals surface area contributed by atoms with Crippen molar-refractivity contribution in [3.05, 3.63) is 58.6 Å². The van der Waals surface area contributed by atoms with E-state index < -0.39 is 11.9 Å². The summed E-state index contributed by atoms with van der Waals surface area (Å²) in [5.41, 5.74) is 0.742. The Morgan fingerprint density at radius 3 is 2.56 bits per heavy atom. The first-order valence-electron chi connectivity index (χ1n) is 7.40. The molecule has 0 aliphatic carbocycles. The summed E-state index contributed by atoms with van der Waals surface area (Å²) >= 11 is 5.89. The maximum Gasteiger partial charge on any atom is 0.335 e. The van der Waals surface area contributed by atoms with Gasteiger partial charge in [0.1, 0.15) is 5.75 Å². The Bertz CT molecular complexity index is 819. The van der Waals surface area contributed by atoms with Gasteiger partial charge < -0.3 is 15.2 Å². The smallest absolute Gasteiger partial charge is 0.335 e. The lowest BCUT2D eigenvalue weighted by Gasteiger charge is -2.09. The number of nitrogens with one attached hydrogen (secondary N) is 1. The maximum atomic E-state index is 12.3. The van der Waals surface area contributed by atoms with E-state index in [1.807, 2.05) is 0 Å². The highest BCUT2D eigenvalue weighted by molar-refractivity contribution is 6.31. The van der Waals surface area contributed by atoms with Gasteiger partial charge in [-0.25, -0.2) is 4.79 Å². The van der Waals surface area contributed by atoms with E-state index in [0.29, 0.717) is 22.0 Å². The average molecular weight is 362 g/mol. The van der Waals surface area contributed by atoms with Gasteiger partial charge in [0.25, 0.3) is 0 Å². The molecular formula is C18H16ClNO5. The number of anilines is 1. The number of benzene rings is 2. The van der Waals surface area contributed by atoms with Crippen molar-refractivity contribution in [1.82, 2.24) is 0 Å². The van der Waals surface area contributed by atoms with Crippen LogP contribution in [0.1, 0.15) is 33.6 Å². The van der Waals surface area contributed by atoms with Crippen LogP contribution >= 0.6 is 11.6 Å². The third kappa shape index (κ3) is 5.06. The zero-order chi connectivity index (χ0) is 18.4. The van der Waals surface area contributed by atoms with E-state index in [0.717, 1.165) is 0 Å². The molecule has 25 heavy (non-hydrogen) atoms. The molecule has 0 saturated heterocycles. The van der Waals surface area contributed by atoms with Gasteiger partial charge in [-0.05, 0) is 36.4 Å². The minimum absolute atomic E-state index is 0.0266. The van der Waals surface area contributed by atoms with Crippen LogP contribution < -0.4 is 10.1 Å². The van der Waals surface area contributed by atoms with Crippen molar-refractivity contribution >= 4 is 34.9 Å². The summed E-state index contributed by atoms with van der Waals surface area (Å²) in [5.74, 6) is -1.35. The van der Waals surface area contributed by atoms with Crippen LogP contribution in [0.4, 0.5) is 5.69 Å². The number of carboxylic acid groups (broad SMARTS) is 1. The maximum absolute atomic E-state index is 12.3. The number of ether oxygens (including phenoxy) is 1. The summed E-state index contributed by atoms with van der Waals surface area (Å²) < 4.78 is 5.12. The fourth-order valence-electron chi connectivity index (χ4n) is 2.21. The Morgan fingerprint density at radius 2 is 1.88 bits per heavy atom. The minimum Gasteiger partial charge on any atom is -0.496 e. The SMILES string of the molecule is COc1ccc(Cl)cc1C(=O)CCC(=O)Nc1cccc(C(=O)O)c1. The number of aromatic carboxylic acids is 1. The molecule has 2 aromatic rings. The Morgan fingerprint density at radius 1 is 1.12 bits per heavy atom. The summed E-state index contributed by atoms with van der Waals surface area (Å²) in [6, 6.07) is 10.6. The molecule has 2 aromatic carbocycles. The zero-order valence-corrected chi connectivity index (χ0v) is 14.2. The quantitative estimate of drug-likeness (QED) is 0.734. The van der Waals surface area contributed by atoms with Gasteiger partial charge in [-0.15, -0.1) is 0 Å². The number of hydrogen-bond donors (Lipinski definition) is 2. The third-order valence-corrected chi connectivity index (χ3v) is 3.67. The monoisotopic (exact) mass is 361 g/mol. The molecule has 0 fully saturated rings. The van der Waals surface area contributed by atoms with Crippen molar-refractivity contribution in [1.29, 1.82) is 0 Å². The van der Waals surface area contributed by atoms with Gasteiger partial charge in [0.15, 0.2) is 5.78 Å². The summed E-state index contributed by atoms with van der Waals surface area (Å²) in [5, 5.41) is 11.9. The number of carbonyl (C=O) groups is 3. The lowest BCUT2D eigenvalue weighted by Crippen LogP contribution is -2.14. The third-order valence-electron chi connectivity index (χ3n) is 3.43. The first kappa shape index (κ1) is 18.5. The summed E-state index contributed by atoms with van der Waals surface area (Å²) in [7, 11) is 1.45. The summed E-state index contributed by atoms with van der Waals surface area (Å²) in [6.07, 6.45) is -0.0764. The van der Waals surface area contributed by atoms with Crippen molar-refractivity contribution in [3.63, 3.8) is 0 Å². The molecule has 2 rings (SSSR count). The molecule has 0 radical (unpaired) electrons.